The number of benzene rings is 1. The molecule has 0 heterocycles. The van der Waals surface area contributed by atoms with Crippen molar-refractivity contribution in [2.24, 2.45) is 0 Å². The zero-order valence-electron chi connectivity index (χ0n) is 8.56. The lowest BCUT2D eigenvalue weighted by Crippen LogP contribution is -2.04. The maximum atomic E-state index is 5.83. The van der Waals surface area contributed by atoms with Crippen LogP contribution >= 0.6 is 0 Å². The van der Waals surface area contributed by atoms with Crippen molar-refractivity contribution in [3.8, 4) is 5.75 Å². The van der Waals surface area contributed by atoms with Crippen LogP contribution in [0.1, 0.15) is 16.7 Å². The van der Waals surface area contributed by atoms with Gasteiger partial charge in [0.2, 0.25) is 0 Å². The first-order chi connectivity index (χ1) is 6.00. The standard InChI is InChI=1S/C10H16N2O/c1-5-6(2)10(13-4)7(3)9(12)8(5)11/h11-12H2,1-4H3. The zero-order valence-corrected chi connectivity index (χ0v) is 8.56. The molecule has 0 bridgehead atoms. The van der Waals surface area contributed by atoms with E-state index in [1.165, 1.54) is 0 Å². The Bertz CT molecular complexity index is 316. The Hall–Kier alpha value is -1.38. The summed E-state index contributed by atoms with van der Waals surface area (Å²) in [4.78, 5) is 0. The van der Waals surface area contributed by atoms with E-state index in [1.54, 1.807) is 7.11 Å². The molecule has 0 aliphatic rings. The molecular formula is C10H16N2O. The minimum atomic E-state index is 0.625. The molecule has 0 aliphatic carbocycles. The Morgan fingerprint density at radius 2 is 1.31 bits per heavy atom. The third kappa shape index (κ3) is 1.30. The predicted octanol–water partition coefficient (Wildman–Crippen LogP) is 1.78. The van der Waals surface area contributed by atoms with E-state index in [9.17, 15) is 0 Å². The van der Waals surface area contributed by atoms with Gasteiger partial charge in [-0.3, -0.25) is 0 Å². The third-order valence-electron chi connectivity index (χ3n) is 2.55. The van der Waals surface area contributed by atoms with E-state index in [-0.39, 0.29) is 0 Å². The summed E-state index contributed by atoms with van der Waals surface area (Å²) < 4.78 is 5.26. The molecule has 0 spiro atoms. The summed E-state index contributed by atoms with van der Waals surface area (Å²) >= 11 is 0. The number of ether oxygens (including phenoxy) is 1. The number of anilines is 2. The number of hydrogen-bond donors (Lipinski definition) is 2. The average molecular weight is 180 g/mol. The highest BCUT2D eigenvalue weighted by Crippen LogP contribution is 2.35. The molecule has 0 saturated carbocycles. The smallest absolute Gasteiger partial charge is 0.127 e. The quantitative estimate of drug-likeness (QED) is 0.648. The third-order valence-corrected chi connectivity index (χ3v) is 2.55. The van der Waals surface area contributed by atoms with Gasteiger partial charge in [0, 0.05) is 5.56 Å². The summed E-state index contributed by atoms with van der Waals surface area (Å²) in [6.07, 6.45) is 0. The lowest BCUT2D eigenvalue weighted by Gasteiger charge is -2.16. The van der Waals surface area contributed by atoms with E-state index in [2.05, 4.69) is 0 Å². The molecule has 0 atom stereocenters. The predicted molar refractivity (Wildman–Crippen MR) is 56.0 cm³/mol. The molecule has 3 heteroatoms. The van der Waals surface area contributed by atoms with Gasteiger partial charge in [0.05, 0.1) is 18.5 Å². The Morgan fingerprint density at radius 1 is 0.846 bits per heavy atom. The van der Waals surface area contributed by atoms with Crippen LogP contribution in [-0.2, 0) is 0 Å². The van der Waals surface area contributed by atoms with Crippen LogP contribution in [0.5, 0.6) is 5.75 Å². The Labute approximate surface area is 78.7 Å². The van der Waals surface area contributed by atoms with Gasteiger partial charge >= 0.3 is 0 Å². The van der Waals surface area contributed by atoms with E-state index in [1.807, 2.05) is 20.8 Å². The van der Waals surface area contributed by atoms with Crippen LogP contribution in [0.2, 0.25) is 0 Å². The topological polar surface area (TPSA) is 61.3 Å². The zero-order chi connectivity index (χ0) is 10.2. The summed E-state index contributed by atoms with van der Waals surface area (Å²) in [5, 5.41) is 0. The second kappa shape index (κ2) is 3.17. The summed E-state index contributed by atoms with van der Waals surface area (Å²) in [7, 11) is 1.64. The molecule has 0 unspecified atom stereocenters. The Balaban J connectivity index is 3.56. The van der Waals surface area contributed by atoms with Gasteiger partial charge in [-0.2, -0.15) is 0 Å². The molecule has 0 fully saturated rings. The van der Waals surface area contributed by atoms with E-state index < -0.39 is 0 Å². The van der Waals surface area contributed by atoms with Crippen molar-refractivity contribution in [2.75, 3.05) is 18.6 Å². The molecule has 1 rings (SSSR count). The molecule has 0 radical (unpaired) electrons. The number of hydrogen-bond acceptors (Lipinski definition) is 3. The van der Waals surface area contributed by atoms with Gasteiger partial charge in [-0.1, -0.05) is 0 Å². The summed E-state index contributed by atoms with van der Waals surface area (Å²) in [5.41, 5.74) is 15.9. The molecule has 1 aromatic rings. The number of rotatable bonds is 1. The summed E-state index contributed by atoms with van der Waals surface area (Å²) in [5.74, 6) is 0.837. The van der Waals surface area contributed by atoms with Crippen molar-refractivity contribution >= 4 is 11.4 Å². The van der Waals surface area contributed by atoms with Gasteiger partial charge in [-0.05, 0) is 31.9 Å². The molecule has 13 heavy (non-hydrogen) atoms. The van der Waals surface area contributed by atoms with Gasteiger partial charge < -0.3 is 16.2 Å². The molecule has 1 aromatic carbocycles. The van der Waals surface area contributed by atoms with Gasteiger partial charge in [0.25, 0.3) is 0 Å². The first-order valence-corrected chi connectivity index (χ1v) is 4.19. The first kappa shape index (κ1) is 9.71. The van der Waals surface area contributed by atoms with E-state index in [0.29, 0.717) is 11.4 Å². The van der Waals surface area contributed by atoms with Gasteiger partial charge in [0.1, 0.15) is 5.75 Å². The maximum Gasteiger partial charge on any atom is 0.127 e. The van der Waals surface area contributed by atoms with Crippen molar-refractivity contribution in [1.29, 1.82) is 0 Å². The van der Waals surface area contributed by atoms with Crippen LogP contribution in [0.4, 0.5) is 11.4 Å². The molecule has 72 valence electrons. The molecule has 4 N–H and O–H groups in total. The minimum Gasteiger partial charge on any atom is -0.496 e. The van der Waals surface area contributed by atoms with Crippen LogP contribution in [0, 0.1) is 20.8 Å². The highest BCUT2D eigenvalue weighted by molar-refractivity contribution is 5.76. The Kier molecular flexibility index (Phi) is 2.36. The highest BCUT2D eigenvalue weighted by atomic mass is 16.5. The number of methoxy groups -OCH3 is 1. The normalized spacial score (nSPS) is 10.2. The highest BCUT2D eigenvalue weighted by Gasteiger charge is 2.13. The number of nitrogens with two attached hydrogens (primary N) is 2. The average Bonchev–Trinajstić information content (AvgIpc) is 2.13. The van der Waals surface area contributed by atoms with Crippen LogP contribution in [0.25, 0.3) is 0 Å². The van der Waals surface area contributed by atoms with Crippen molar-refractivity contribution in [3.63, 3.8) is 0 Å². The SMILES string of the molecule is COc1c(C)c(C)c(N)c(N)c1C. The largest absolute Gasteiger partial charge is 0.496 e. The van der Waals surface area contributed by atoms with Gasteiger partial charge in [0.15, 0.2) is 0 Å². The van der Waals surface area contributed by atoms with Crippen molar-refractivity contribution in [1.82, 2.24) is 0 Å². The summed E-state index contributed by atoms with van der Waals surface area (Å²) in [6, 6.07) is 0. The molecular weight excluding hydrogens is 164 g/mol. The van der Waals surface area contributed by atoms with Crippen LogP contribution in [0.3, 0.4) is 0 Å². The number of nitrogen functional groups attached to an aromatic ring is 2. The fourth-order valence-electron chi connectivity index (χ4n) is 1.49. The first-order valence-electron chi connectivity index (χ1n) is 4.19. The minimum absolute atomic E-state index is 0.625. The second-order valence-corrected chi connectivity index (χ2v) is 3.24. The fraction of sp³-hybridized carbons (Fsp3) is 0.400. The van der Waals surface area contributed by atoms with E-state index in [0.717, 1.165) is 22.4 Å². The maximum absolute atomic E-state index is 5.83. The van der Waals surface area contributed by atoms with Gasteiger partial charge in [-0.25, -0.2) is 0 Å². The Morgan fingerprint density at radius 3 is 1.77 bits per heavy atom. The van der Waals surface area contributed by atoms with Crippen LogP contribution in [0.15, 0.2) is 0 Å². The van der Waals surface area contributed by atoms with E-state index in [4.69, 9.17) is 16.2 Å². The van der Waals surface area contributed by atoms with Crippen molar-refractivity contribution < 1.29 is 4.74 Å². The molecule has 3 nitrogen and oxygen atoms in total. The van der Waals surface area contributed by atoms with Gasteiger partial charge in [-0.15, -0.1) is 0 Å². The van der Waals surface area contributed by atoms with E-state index >= 15 is 0 Å². The van der Waals surface area contributed by atoms with Crippen LogP contribution in [-0.4, -0.2) is 7.11 Å². The molecule has 0 aliphatic heterocycles. The lowest BCUT2D eigenvalue weighted by atomic mass is 10.0. The monoisotopic (exact) mass is 180 g/mol. The fourth-order valence-corrected chi connectivity index (χ4v) is 1.49. The van der Waals surface area contributed by atoms with Crippen molar-refractivity contribution in [2.45, 2.75) is 20.8 Å². The molecule has 0 aromatic heterocycles. The molecule has 0 amide bonds. The second-order valence-electron chi connectivity index (χ2n) is 3.24. The summed E-state index contributed by atoms with van der Waals surface area (Å²) in [6.45, 7) is 5.84. The van der Waals surface area contributed by atoms with Crippen LogP contribution < -0.4 is 16.2 Å². The lowest BCUT2D eigenvalue weighted by molar-refractivity contribution is 0.408. The molecule has 0 saturated heterocycles. The van der Waals surface area contributed by atoms with Crippen molar-refractivity contribution in [3.05, 3.63) is 16.7 Å².